The third kappa shape index (κ3) is 2.88. The van der Waals surface area contributed by atoms with E-state index in [1.807, 2.05) is 6.92 Å². The average molecular weight is 252 g/mol. The fourth-order valence-corrected chi connectivity index (χ4v) is 2.20. The lowest BCUT2D eigenvalue weighted by Crippen LogP contribution is -2.43. The molecule has 0 saturated carbocycles. The Hall–Kier alpha value is -1.40. The first-order valence-corrected chi connectivity index (χ1v) is 6.31. The molecule has 1 aliphatic heterocycles. The van der Waals surface area contributed by atoms with Crippen LogP contribution in [0.1, 0.15) is 23.1 Å². The second kappa shape index (κ2) is 5.49. The highest BCUT2D eigenvalue weighted by atomic mass is 16.4. The zero-order valence-corrected chi connectivity index (χ0v) is 11.0. The number of aromatic nitrogens is 2. The van der Waals surface area contributed by atoms with E-state index in [1.54, 1.807) is 10.7 Å². The molecule has 1 fully saturated rings. The number of piperazine rings is 1. The van der Waals surface area contributed by atoms with E-state index in [9.17, 15) is 4.79 Å². The van der Waals surface area contributed by atoms with Gasteiger partial charge < -0.3 is 10.0 Å². The van der Waals surface area contributed by atoms with Gasteiger partial charge in [-0.05, 0) is 20.0 Å². The van der Waals surface area contributed by atoms with Gasteiger partial charge in [0, 0.05) is 39.3 Å². The third-order valence-corrected chi connectivity index (χ3v) is 3.33. The van der Waals surface area contributed by atoms with Crippen molar-refractivity contribution in [2.45, 2.75) is 20.0 Å². The molecule has 2 heterocycles. The van der Waals surface area contributed by atoms with Crippen LogP contribution in [0, 0.1) is 0 Å². The predicted molar refractivity (Wildman–Crippen MR) is 67.6 cm³/mol. The van der Waals surface area contributed by atoms with Gasteiger partial charge in [-0.25, -0.2) is 4.79 Å². The number of nitrogens with zero attached hydrogens (tertiary/aromatic N) is 4. The Morgan fingerprint density at radius 1 is 1.39 bits per heavy atom. The van der Waals surface area contributed by atoms with E-state index in [1.165, 1.54) is 0 Å². The van der Waals surface area contributed by atoms with Crippen LogP contribution in [0.5, 0.6) is 0 Å². The molecule has 18 heavy (non-hydrogen) atoms. The Bertz CT molecular complexity index is 422. The van der Waals surface area contributed by atoms with Crippen molar-refractivity contribution in [3.05, 3.63) is 17.5 Å². The Labute approximate surface area is 107 Å². The highest BCUT2D eigenvalue weighted by Crippen LogP contribution is 2.09. The smallest absolute Gasteiger partial charge is 0.354 e. The Morgan fingerprint density at radius 2 is 2.06 bits per heavy atom. The summed E-state index contributed by atoms with van der Waals surface area (Å²) in [7, 11) is 2.12. The van der Waals surface area contributed by atoms with Crippen LogP contribution < -0.4 is 0 Å². The van der Waals surface area contributed by atoms with E-state index in [0.717, 1.165) is 38.4 Å². The minimum absolute atomic E-state index is 0.279. The zero-order chi connectivity index (χ0) is 13.1. The molecule has 0 amide bonds. The summed E-state index contributed by atoms with van der Waals surface area (Å²) < 4.78 is 1.55. The van der Waals surface area contributed by atoms with Crippen molar-refractivity contribution in [2.24, 2.45) is 0 Å². The number of aryl methyl sites for hydroxylation is 1. The molecule has 0 radical (unpaired) electrons. The van der Waals surface area contributed by atoms with E-state index in [0.29, 0.717) is 6.54 Å². The maximum Gasteiger partial charge on any atom is 0.354 e. The molecular weight excluding hydrogens is 232 g/mol. The van der Waals surface area contributed by atoms with Gasteiger partial charge in [-0.15, -0.1) is 0 Å². The first kappa shape index (κ1) is 13.0. The van der Waals surface area contributed by atoms with Gasteiger partial charge in [-0.2, -0.15) is 5.10 Å². The molecular formula is C12H20N4O2. The van der Waals surface area contributed by atoms with Gasteiger partial charge in [0.2, 0.25) is 0 Å². The van der Waals surface area contributed by atoms with E-state index < -0.39 is 5.97 Å². The summed E-state index contributed by atoms with van der Waals surface area (Å²) in [5.74, 6) is -0.908. The van der Waals surface area contributed by atoms with Gasteiger partial charge in [0.05, 0.1) is 5.69 Å². The average Bonchev–Trinajstić information content (AvgIpc) is 2.75. The normalized spacial score (nSPS) is 18.1. The van der Waals surface area contributed by atoms with Crippen LogP contribution in [-0.4, -0.2) is 63.9 Å². The minimum atomic E-state index is -0.908. The predicted octanol–water partition coefficient (Wildman–Crippen LogP) is 0.349. The fraction of sp³-hybridized carbons (Fsp3) is 0.667. The monoisotopic (exact) mass is 252 g/mol. The first-order chi connectivity index (χ1) is 8.60. The van der Waals surface area contributed by atoms with Crippen molar-refractivity contribution in [1.29, 1.82) is 0 Å². The molecule has 1 N–H and O–H groups in total. The van der Waals surface area contributed by atoms with Crippen LogP contribution in [0.15, 0.2) is 6.07 Å². The molecule has 0 aromatic carbocycles. The summed E-state index contributed by atoms with van der Waals surface area (Å²) in [6.45, 7) is 7.36. The molecule has 6 heteroatoms. The van der Waals surface area contributed by atoms with Crippen LogP contribution in [-0.2, 0) is 13.1 Å². The Balaban J connectivity index is 2.03. The van der Waals surface area contributed by atoms with Crippen molar-refractivity contribution in [3.63, 3.8) is 0 Å². The second-order valence-electron chi connectivity index (χ2n) is 4.72. The number of likely N-dealkylation sites (N-methyl/N-ethyl adjacent to an activating group) is 1. The van der Waals surface area contributed by atoms with Gasteiger partial charge in [-0.1, -0.05) is 0 Å². The van der Waals surface area contributed by atoms with Crippen molar-refractivity contribution < 1.29 is 9.90 Å². The van der Waals surface area contributed by atoms with Crippen molar-refractivity contribution in [1.82, 2.24) is 19.6 Å². The lowest BCUT2D eigenvalue weighted by atomic mass is 10.3. The molecule has 1 aliphatic rings. The lowest BCUT2D eigenvalue weighted by molar-refractivity contribution is 0.0683. The number of rotatable bonds is 4. The van der Waals surface area contributed by atoms with Crippen molar-refractivity contribution >= 4 is 5.97 Å². The SMILES string of the molecule is CCn1nc(CN2CCN(C)CC2)cc1C(=O)O. The first-order valence-electron chi connectivity index (χ1n) is 6.31. The zero-order valence-electron chi connectivity index (χ0n) is 11.0. The third-order valence-electron chi connectivity index (χ3n) is 3.33. The molecule has 2 rings (SSSR count). The van der Waals surface area contributed by atoms with Crippen LogP contribution in [0.2, 0.25) is 0 Å². The number of carbonyl (C=O) groups is 1. The molecule has 0 aliphatic carbocycles. The summed E-state index contributed by atoms with van der Waals surface area (Å²) in [6.07, 6.45) is 0. The molecule has 1 aromatic heterocycles. The number of carboxylic acid groups (broad SMARTS) is 1. The fourth-order valence-electron chi connectivity index (χ4n) is 2.20. The maximum atomic E-state index is 11.0. The number of carboxylic acids is 1. The summed E-state index contributed by atoms with van der Waals surface area (Å²) in [5.41, 5.74) is 1.13. The van der Waals surface area contributed by atoms with E-state index in [4.69, 9.17) is 5.11 Å². The van der Waals surface area contributed by atoms with E-state index in [2.05, 4.69) is 21.9 Å². The quantitative estimate of drug-likeness (QED) is 0.837. The van der Waals surface area contributed by atoms with Gasteiger partial charge in [0.25, 0.3) is 0 Å². The van der Waals surface area contributed by atoms with E-state index >= 15 is 0 Å². The lowest BCUT2D eigenvalue weighted by Gasteiger charge is -2.31. The summed E-state index contributed by atoms with van der Waals surface area (Å²) in [6, 6.07) is 1.68. The summed E-state index contributed by atoms with van der Waals surface area (Å²) >= 11 is 0. The van der Waals surface area contributed by atoms with Crippen LogP contribution >= 0.6 is 0 Å². The van der Waals surface area contributed by atoms with Crippen molar-refractivity contribution in [2.75, 3.05) is 33.2 Å². The number of hydrogen-bond donors (Lipinski definition) is 1. The molecule has 1 saturated heterocycles. The molecule has 0 atom stereocenters. The van der Waals surface area contributed by atoms with E-state index in [-0.39, 0.29) is 5.69 Å². The number of aromatic carboxylic acids is 1. The van der Waals surface area contributed by atoms with Crippen molar-refractivity contribution in [3.8, 4) is 0 Å². The largest absolute Gasteiger partial charge is 0.477 e. The van der Waals surface area contributed by atoms with Gasteiger partial charge in [-0.3, -0.25) is 9.58 Å². The van der Waals surface area contributed by atoms with Gasteiger partial charge >= 0.3 is 5.97 Å². The topological polar surface area (TPSA) is 61.6 Å². The van der Waals surface area contributed by atoms with Gasteiger partial charge in [0.1, 0.15) is 5.69 Å². The molecule has 0 unspecified atom stereocenters. The molecule has 100 valence electrons. The molecule has 6 nitrogen and oxygen atoms in total. The van der Waals surface area contributed by atoms with Crippen LogP contribution in [0.3, 0.4) is 0 Å². The van der Waals surface area contributed by atoms with Gasteiger partial charge in [0.15, 0.2) is 0 Å². The molecule has 0 bridgehead atoms. The summed E-state index contributed by atoms with van der Waals surface area (Å²) in [5, 5.41) is 13.4. The molecule has 1 aromatic rings. The molecule has 0 spiro atoms. The maximum absolute atomic E-state index is 11.0. The highest BCUT2D eigenvalue weighted by Gasteiger charge is 2.18. The highest BCUT2D eigenvalue weighted by molar-refractivity contribution is 5.85. The Morgan fingerprint density at radius 3 is 2.56 bits per heavy atom. The Kier molecular flexibility index (Phi) is 3.98. The van der Waals surface area contributed by atoms with Crippen LogP contribution in [0.25, 0.3) is 0 Å². The van der Waals surface area contributed by atoms with Crippen LogP contribution in [0.4, 0.5) is 0 Å². The second-order valence-corrected chi connectivity index (χ2v) is 4.72. The number of hydrogen-bond acceptors (Lipinski definition) is 4. The standard InChI is InChI=1S/C12H20N4O2/c1-3-16-11(12(17)18)8-10(13-16)9-15-6-4-14(2)5-7-15/h8H,3-7,9H2,1-2H3,(H,17,18). The summed E-state index contributed by atoms with van der Waals surface area (Å²) in [4.78, 5) is 15.7. The minimum Gasteiger partial charge on any atom is -0.477 e.